The van der Waals surface area contributed by atoms with Gasteiger partial charge < -0.3 is 0 Å². The molecule has 2 nitrogen and oxygen atoms in total. The molecule has 35 valence electrons. The van der Waals surface area contributed by atoms with Gasteiger partial charge in [-0.05, 0) is 6.92 Å². The highest BCUT2D eigenvalue weighted by Gasteiger charge is 1.85. The minimum atomic E-state index is 0.505. The average Bonchev–Trinajstić information content (AvgIpc) is 1.65. The zero-order valence-corrected chi connectivity index (χ0v) is 4.20. The summed E-state index contributed by atoms with van der Waals surface area (Å²) >= 11 is 5.06. The fraction of sp³-hybridized carbons (Fsp3) is 0.667. The van der Waals surface area contributed by atoms with E-state index in [4.69, 9.17) is 11.8 Å². The van der Waals surface area contributed by atoms with Gasteiger partial charge in [-0.3, -0.25) is 4.79 Å². The van der Waals surface area contributed by atoms with Crippen LogP contribution in [0.25, 0.3) is 0 Å². The summed E-state index contributed by atoms with van der Waals surface area (Å²) in [6, 6.07) is 0. The van der Waals surface area contributed by atoms with Crippen LogP contribution in [-0.2, 0) is 4.79 Å². The molecule has 0 aliphatic rings. The van der Waals surface area contributed by atoms with Crippen molar-refractivity contribution in [1.82, 2.24) is 4.42 Å². The predicted molar refractivity (Wildman–Crippen MR) is 23.9 cm³/mol. The lowest BCUT2D eigenvalue weighted by molar-refractivity contribution is 0.506. The van der Waals surface area contributed by atoms with E-state index in [9.17, 15) is 4.79 Å². The van der Waals surface area contributed by atoms with Crippen LogP contribution in [0.15, 0.2) is 0 Å². The highest BCUT2D eigenvalue weighted by Crippen LogP contribution is 1.82. The van der Waals surface area contributed by atoms with E-state index in [1.807, 2.05) is 0 Å². The molecular formula is C3H5ClNO. The van der Waals surface area contributed by atoms with E-state index in [2.05, 4.69) is 0 Å². The third kappa shape index (κ3) is 2.03. The Bertz CT molecular complexity index is 48.1. The van der Waals surface area contributed by atoms with E-state index in [0.717, 1.165) is 4.42 Å². The molecule has 0 heterocycles. The summed E-state index contributed by atoms with van der Waals surface area (Å²) in [4.78, 5) is 9.40. The Morgan fingerprint density at radius 2 is 2.50 bits per heavy atom. The van der Waals surface area contributed by atoms with E-state index >= 15 is 0 Å². The maximum atomic E-state index is 9.40. The summed E-state index contributed by atoms with van der Waals surface area (Å²) in [6.45, 7) is 2.27. The Balaban J connectivity index is 2.96. The Kier molecular flexibility index (Phi) is 2.85. The van der Waals surface area contributed by atoms with Gasteiger partial charge >= 0.3 is 6.41 Å². The summed E-state index contributed by atoms with van der Waals surface area (Å²) in [5.74, 6) is 0. The van der Waals surface area contributed by atoms with Crippen molar-refractivity contribution in [2.75, 3.05) is 6.54 Å². The van der Waals surface area contributed by atoms with Crippen LogP contribution in [0.4, 0.5) is 0 Å². The molecule has 0 bridgehead atoms. The molecule has 0 N–H and O–H groups in total. The summed E-state index contributed by atoms with van der Waals surface area (Å²) in [5, 5.41) is 0. The quantitative estimate of drug-likeness (QED) is 0.372. The minimum absolute atomic E-state index is 0.505. The maximum Gasteiger partial charge on any atom is 0.327 e. The summed E-state index contributed by atoms with van der Waals surface area (Å²) in [5.41, 5.74) is 0. The number of carbonyl (C=O) groups excluding carboxylic acids is 1. The Hall–Kier alpha value is -0.240. The first-order chi connectivity index (χ1) is 2.81. The zero-order valence-electron chi connectivity index (χ0n) is 3.44. The van der Waals surface area contributed by atoms with Crippen molar-refractivity contribution in [3.05, 3.63) is 0 Å². The summed E-state index contributed by atoms with van der Waals surface area (Å²) in [6.07, 6.45) is 1.46. The lowest BCUT2D eigenvalue weighted by Crippen LogP contribution is -2.06. The molecule has 3 heteroatoms. The van der Waals surface area contributed by atoms with Gasteiger partial charge in [-0.2, -0.15) is 0 Å². The molecule has 0 aliphatic heterocycles. The summed E-state index contributed by atoms with van der Waals surface area (Å²) in [7, 11) is 0. The monoisotopic (exact) mass is 106 g/mol. The first kappa shape index (κ1) is 5.76. The number of nitrogens with zero attached hydrogens (tertiary/aromatic N) is 1. The van der Waals surface area contributed by atoms with Crippen LogP contribution in [0.1, 0.15) is 6.92 Å². The number of hydrogen-bond donors (Lipinski definition) is 0. The van der Waals surface area contributed by atoms with E-state index in [0.29, 0.717) is 6.54 Å². The van der Waals surface area contributed by atoms with Gasteiger partial charge in [0.15, 0.2) is 0 Å². The van der Waals surface area contributed by atoms with Crippen LogP contribution in [0.2, 0.25) is 0 Å². The second-order valence-corrected chi connectivity index (χ2v) is 1.18. The van der Waals surface area contributed by atoms with Gasteiger partial charge in [0.05, 0.1) is 0 Å². The number of halogens is 1. The van der Waals surface area contributed by atoms with Crippen LogP contribution >= 0.6 is 11.8 Å². The molecule has 0 unspecified atom stereocenters. The van der Waals surface area contributed by atoms with Crippen LogP contribution in [0, 0.1) is 0 Å². The van der Waals surface area contributed by atoms with Gasteiger partial charge in [0.25, 0.3) is 0 Å². The van der Waals surface area contributed by atoms with Gasteiger partial charge in [-0.1, -0.05) is 0 Å². The average molecular weight is 107 g/mol. The van der Waals surface area contributed by atoms with Gasteiger partial charge in [-0.25, -0.2) is 4.42 Å². The van der Waals surface area contributed by atoms with Crippen LogP contribution in [0.3, 0.4) is 0 Å². The number of amides is 1. The van der Waals surface area contributed by atoms with Crippen LogP contribution in [-0.4, -0.2) is 17.4 Å². The van der Waals surface area contributed by atoms with Crippen molar-refractivity contribution in [3.63, 3.8) is 0 Å². The third-order valence-electron chi connectivity index (χ3n) is 0.377. The third-order valence-corrected chi connectivity index (χ3v) is 0.685. The van der Waals surface area contributed by atoms with E-state index in [-0.39, 0.29) is 0 Å². The number of hydrogen-bond acceptors (Lipinski definition) is 1. The van der Waals surface area contributed by atoms with Crippen molar-refractivity contribution in [1.29, 1.82) is 0 Å². The molecule has 0 spiro atoms. The minimum Gasteiger partial charge on any atom is -0.262 e. The van der Waals surface area contributed by atoms with Crippen LogP contribution in [0.5, 0.6) is 0 Å². The second-order valence-electron chi connectivity index (χ2n) is 0.770. The Labute approximate surface area is 41.8 Å². The van der Waals surface area contributed by atoms with Crippen molar-refractivity contribution in [2.45, 2.75) is 6.92 Å². The molecule has 0 rings (SSSR count). The number of rotatable bonds is 2. The predicted octanol–water partition coefficient (Wildman–Crippen LogP) is 0.529. The molecule has 0 saturated carbocycles. The van der Waals surface area contributed by atoms with E-state index < -0.39 is 0 Å². The standard InChI is InChI=1S/C3H5ClNO/c1-2-5(4)3-6/h2H2,1H3. The maximum absolute atomic E-state index is 9.40. The molecule has 0 fully saturated rings. The van der Waals surface area contributed by atoms with Gasteiger partial charge in [0.1, 0.15) is 0 Å². The Morgan fingerprint density at radius 1 is 2.00 bits per heavy atom. The van der Waals surface area contributed by atoms with Gasteiger partial charge in [0, 0.05) is 18.3 Å². The van der Waals surface area contributed by atoms with Crippen molar-refractivity contribution >= 4 is 18.2 Å². The zero-order chi connectivity index (χ0) is 4.99. The second kappa shape index (κ2) is 2.97. The fourth-order valence-corrected chi connectivity index (χ4v) is 0.0645. The molecule has 0 atom stereocenters. The Morgan fingerprint density at radius 3 is 2.50 bits per heavy atom. The molecule has 0 aromatic heterocycles. The molecule has 0 aromatic rings. The smallest absolute Gasteiger partial charge is 0.262 e. The SMILES string of the molecule is CCN(Cl)[C]=O. The first-order valence-electron chi connectivity index (χ1n) is 1.62. The highest BCUT2D eigenvalue weighted by molar-refractivity contribution is 6.18. The molecule has 6 heavy (non-hydrogen) atoms. The summed E-state index contributed by atoms with van der Waals surface area (Å²) < 4.78 is 0.917. The topological polar surface area (TPSA) is 20.3 Å². The largest absolute Gasteiger partial charge is 0.327 e. The molecular weight excluding hydrogens is 101 g/mol. The lowest BCUT2D eigenvalue weighted by Gasteiger charge is -1.95. The van der Waals surface area contributed by atoms with Gasteiger partial charge in [0.2, 0.25) is 0 Å². The van der Waals surface area contributed by atoms with Gasteiger partial charge in [-0.15, -0.1) is 0 Å². The molecule has 1 radical (unpaired) electrons. The molecule has 0 saturated heterocycles. The highest BCUT2D eigenvalue weighted by atomic mass is 35.5. The molecule has 0 aliphatic carbocycles. The molecule has 0 aromatic carbocycles. The van der Waals surface area contributed by atoms with Crippen molar-refractivity contribution in [3.8, 4) is 0 Å². The van der Waals surface area contributed by atoms with Crippen molar-refractivity contribution in [2.24, 2.45) is 0 Å². The fourth-order valence-electron chi connectivity index (χ4n) is 0.0645. The first-order valence-corrected chi connectivity index (χ1v) is 1.96. The molecule has 1 amide bonds. The van der Waals surface area contributed by atoms with E-state index in [1.165, 1.54) is 6.41 Å². The normalized spacial score (nSPS) is 7.67. The lowest BCUT2D eigenvalue weighted by atomic mass is 10.8. The van der Waals surface area contributed by atoms with E-state index in [1.54, 1.807) is 6.92 Å². The van der Waals surface area contributed by atoms with Crippen molar-refractivity contribution < 1.29 is 4.79 Å². The van der Waals surface area contributed by atoms with Crippen LogP contribution < -0.4 is 0 Å².